The van der Waals surface area contributed by atoms with Gasteiger partial charge in [-0.3, -0.25) is 9.59 Å². The topological polar surface area (TPSA) is 52.6 Å². The van der Waals surface area contributed by atoms with Crippen molar-refractivity contribution < 1.29 is 19.1 Å². The van der Waals surface area contributed by atoms with E-state index in [0.29, 0.717) is 5.75 Å². The van der Waals surface area contributed by atoms with Crippen LogP contribution in [0.4, 0.5) is 0 Å². The SMILES string of the molecule is CC(=O)Oc1cccc2c1[C@H](OC(C)=O)[C@@H](C)CC2. The number of hydrogen-bond acceptors (Lipinski definition) is 4. The summed E-state index contributed by atoms with van der Waals surface area (Å²) < 4.78 is 10.7. The predicted octanol–water partition coefficient (Wildman–Crippen LogP) is 2.80. The van der Waals surface area contributed by atoms with Gasteiger partial charge in [0.15, 0.2) is 0 Å². The lowest BCUT2D eigenvalue weighted by molar-refractivity contribution is -0.150. The van der Waals surface area contributed by atoms with E-state index in [1.807, 2.05) is 19.1 Å². The Hall–Kier alpha value is -1.84. The largest absolute Gasteiger partial charge is 0.457 e. The van der Waals surface area contributed by atoms with Gasteiger partial charge in [0.25, 0.3) is 0 Å². The molecule has 1 aromatic rings. The average Bonchev–Trinajstić information content (AvgIpc) is 2.32. The van der Waals surface area contributed by atoms with Crippen molar-refractivity contribution in [2.75, 3.05) is 0 Å². The third-order valence-electron chi connectivity index (χ3n) is 3.37. The second-order valence-electron chi connectivity index (χ2n) is 4.97. The standard InChI is InChI=1S/C15H18O4/c1-9-7-8-12-5-4-6-13(18-10(2)16)14(12)15(9)19-11(3)17/h4-6,9,15H,7-8H2,1-3H3/t9-,15+/m0/s1. The lowest BCUT2D eigenvalue weighted by atomic mass is 9.82. The number of esters is 2. The maximum absolute atomic E-state index is 11.3. The molecule has 0 radical (unpaired) electrons. The van der Waals surface area contributed by atoms with Gasteiger partial charge in [-0.05, 0) is 30.4 Å². The zero-order valence-electron chi connectivity index (χ0n) is 11.4. The maximum atomic E-state index is 11.3. The summed E-state index contributed by atoms with van der Waals surface area (Å²) in [6.07, 6.45) is 1.52. The number of hydrogen-bond donors (Lipinski definition) is 0. The number of benzene rings is 1. The minimum atomic E-state index is -0.367. The molecule has 2 atom stereocenters. The number of carbonyl (C=O) groups excluding carboxylic acids is 2. The number of carbonyl (C=O) groups is 2. The zero-order valence-corrected chi connectivity index (χ0v) is 11.4. The van der Waals surface area contributed by atoms with Gasteiger partial charge in [0.1, 0.15) is 11.9 Å². The first-order chi connectivity index (χ1) is 8.99. The Morgan fingerprint density at radius 2 is 1.95 bits per heavy atom. The molecule has 19 heavy (non-hydrogen) atoms. The summed E-state index contributed by atoms with van der Waals surface area (Å²) in [5, 5.41) is 0. The molecule has 4 nitrogen and oxygen atoms in total. The van der Waals surface area contributed by atoms with Crippen LogP contribution in [-0.4, -0.2) is 11.9 Å². The minimum absolute atomic E-state index is 0.216. The Balaban J connectivity index is 2.45. The average molecular weight is 262 g/mol. The Morgan fingerprint density at radius 1 is 1.21 bits per heavy atom. The van der Waals surface area contributed by atoms with Crippen LogP contribution >= 0.6 is 0 Å². The quantitative estimate of drug-likeness (QED) is 0.607. The highest BCUT2D eigenvalue weighted by Gasteiger charge is 2.32. The van der Waals surface area contributed by atoms with Gasteiger partial charge in [-0.25, -0.2) is 0 Å². The molecule has 1 aliphatic carbocycles. The monoisotopic (exact) mass is 262 g/mol. The van der Waals surface area contributed by atoms with Gasteiger partial charge < -0.3 is 9.47 Å². The van der Waals surface area contributed by atoms with Crippen molar-refractivity contribution in [1.29, 1.82) is 0 Å². The van der Waals surface area contributed by atoms with E-state index < -0.39 is 0 Å². The molecule has 1 aliphatic rings. The molecule has 0 aromatic heterocycles. The number of fused-ring (bicyclic) bond motifs is 1. The first kappa shape index (κ1) is 13.6. The van der Waals surface area contributed by atoms with E-state index in [1.165, 1.54) is 13.8 Å². The number of aryl methyl sites for hydroxylation is 1. The summed E-state index contributed by atoms with van der Waals surface area (Å²) in [6, 6.07) is 5.59. The lowest BCUT2D eigenvalue weighted by Crippen LogP contribution is -2.24. The molecule has 0 fully saturated rings. The molecule has 0 saturated carbocycles. The maximum Gasteiger partial charge on any atom is 0.308 e. The smallest absolute Gasteiger partial charge is 0.308 e. The van der Waals surface area contributed by atoms with Gasteiger partial charge in [-0.1, -0.05) is 19.1 Å². The summed E-state index contributed by atoms with van der Waals surface area (Å²) in [5.74, 6) is 0.0337. The van der Waals surface area contributed by atoms with E-state index in [4.69, 9.17) is 9.47 Å². The van der Waals surface area contributed by atoms with Crippen LogP contribution in [0.15, 0.2) is 18.2 Å². The van der Waals surface area contributed by atoms with Gasteiger partial charge in [0, 0.05) is 19.4 Å². The van der Waals surface area contributed by atoms with E-state index in [0.717, 1.165) is 24.0 Å². The fourth-order valence-electron chi connectivity index (χ4n) is 2.55. The van der Waals surface area contributed by atoms with Crippen LogP contribution in [0.3, 0.4) is 0 Å². The molecule has 2 rings (SSSR count). The molecule has 0 N–H and O–H groups in total. The molecule has 102 valence electrons. The number of ether oxygens (including phenoxy) is 2. The molecule has 0 saturated heterocycles. The molecule has 0 bridgehead atoms. The molecule has 1 aromatic carbocycles. The highest BCUT2D eigenvalue weighted by atomic mass is 16.6. The van der Waals surface area contributed by atoms with Crippen LogP contribution in [0.25, 0.3) is 0 Å². The van der Waals surface area contributed by atoms with E-state index in [2.05, 4.69) is 0 Å². The van der Waals surface area contributed by atoms with Crippen molar-refractivity contribution in [1.82, 2.24) is 0 Å². The van der Waals surface area contributed by atoms with E-state index in [-0.39, 0.29) is 24.0 Å². The van der Waals surface area contributed by atoms with Crippen LogP contribution in [0, 0.1) is 5.92 Å². The van der Waals surface area contributed by atoms with Gasteiger partial charge in [-0.15, -0.1) is 0 Å². The highest BCUT2D eigenvalue weighted by Crippen LogP contribution is 2.42. The third-order valence-corrected chi connectivity index (χ3v) is 3.37. The Labute approximate surface area is 112 Å². The summed E-state index contributed by atoms with van der Waals surface area (Å²) >= 11 is 0. The summed E-state index contributed by atoms with van der Waals surface area (Å²) in [7, 11) is 0. The summed E-state index contributed by atoms with van der Waals surface area (Å²) in [5.41, 5.74) is 1.93. The molecule has 4 heteroatoms. The predicted molar refractivity (Wildman–Crippen MR) is 69.7 cm³/mol. The van der Waals surface area contributed by atoms with Crippen LogP contribution in [0.1, 0.15) is 44.4 Å². The van der Waals surface area contributed by atoms with Crippen LogP contribution < -0.4 is 4.74 Å². The van der Waals surface area contributed by atoms with Gasteiger partial charge in [0.2, 0.25) is 0 Å². The van der Waals surface area contributed by atoms with Crippen LogP contribution in [0.5, 0.6) is 5.75 Å². The van der Waals surface area contributed by atoms with Crippen molar-refractivity contribution in [3.8, 4) is 5.75 Å². The fourth-order valence-corrected chi connectivity index (χ4v) is 2.55. The number of rotatable bonds is 2. The van der Waals surface area contributed by atoms with Crippen LogP contribution in [-0.2, 0) is 20.7 Å². The van der Waals surface area contributed by atoms with E-state index in [1.54, 1.807) is 6.07 Å². The fraction of sp³-hybridized carbons (Fsp3) is 0.467. The Morgan fingerprint density at radius 3 is 2.58 bits per heavy atom. The van der Waals surface area contributed by atoms with Crippen molar-refractivity contribution in [2.24, 2.45) is 5.92 Å². The second kappa shape index (κ2) is 5.43. The second-order valence-corrected chi connectivity index (χ2v) is 4.97. The van der Waals surface area contributed by atoms with Crippen molar-refractivity contribution >= 4 is 11.9 Å². The first-order valence-corrected chi connectivity index (χ1v) is 6.46. The lowest BCUT2D eigenvalue weighted by Gasteiger charge is -2.31. The van der Waals surface area contributed by atoms with Crippen molar-refractivity contribution in [3.63, 3.8) is 0 Å². The zero-order chi connectivity index (χ0) is 14.0. The van der Waals surface area contributed by atoms with Crippen molar-refractivity contribution in [3.05, 3.63) is 29.3 Å². The van der Waals surface area contributed by atoms with E-state index >= 15 is 0 Å². The van der Waals surface area contributed by atoms with Gasteiger partial charge in [0.05, 0.1) is 0 Å². The normalized spacial score (nSPS) is 21.4. The Kier molecular flexibility index (Phi) is 3.88. The molecular weight excluding hydrogens is 244 g/mol. The molecule has 0 unspecified atom stereocenters. The molecule has 0 aliphatic heterocycles. The minimum Gasteiger partial charge on any atom is -0.457 e. The van der Waals surface area contributed by atoms with Gasteiger partial charge in [-0.2, -0.15) is 0 Å². The first-order valence-electron chi connectivity index (χ1n) is 6.46. The molecular formula is C15H18O4. The molecule has 0 heterocycles. The third kappa shape index (κ3) is 2.95. The molecule has 0 spiro atoms. The Bertz CT molecular complexity index is 507. The van der Waals surface area contributed by atoms with Crippen LogP contribution in [0.2, 0.25) is 0 Å². The summed E-state index contributed by atoms with van der Waals surface area (Å²) in [6.45, 7) is 4.81. The molecule has 0 amide bonds. The highest BCUT2D eigenvalue weighted by molar-refractivity contribution is 5.70. The summed E-state index contributed by atoms with van der Waals surface area (Å²) in [4.78, 5) is 22.5. The van der Waals surface area contributed by atoms with Gasteiger partial charge >= 0.3 is 11.9 Å². The van der Waals surface area contributed by atoms with E-state index in [9.17, 15) is 9.59 Å². The van der Waals surface area contributed by atoms with Crippen molar-refractivity contribution in [2.45, 2.75) is 39.7 Å².